The number of pyridine rings is 1. The summed E-state index contributed by atoms with van der Waals surface area (Å²) in [5.41, 5.74) is 0.441. The summed E-state index contributed by atoms with van der Waals surface area (Å²) in [6, 6.07) is 9.76. The molecule has 2 aromatic rings. The van der Waals surface area contributed by atoms with Gasteiger partial charge in [0, 0.05) is 53.6 Å². The summed E-state index contributed by atoms with van der Waals surface area (Å²) in [6.07, 6.45) is 2.27. The van der Waals surface area contributed by atoms with Crippen molar-refractivity contribution in [2.24, 2.45) is 0 Å². The summed E-state index contributed by atoms with van der Waals surface area (Å²) in [5.74, 6) is -0.139. The Morgan fingerprint density at radius 2 is 1.68 bits per heavy atom. The Kier molecular flexibility index (Phi) is 6.74. The predicted molar refractivity (Wildman–Crippen MR) is 112 cm³/mol. The normalized spacial score (nSPS) is 14.5. The smallest absolute Gasteiger partial charge is 0.321 e. The van der Waals surface area contributed by atoms with Crippen LogP contribution in [0.1, 0.15) is 6.42 Å². The molecule has 1 N–H and O–H groups in total. The molecule has 1 aromatic heterocycles. The number of anilines is 1. The second-order valence-electron chi connectivity index (χ2n) is 6.47. The summed E-state index contributed by atoms with van der Waals surface area (Å²) < 4.78 is 2.11. The summed E-state index contributed by atoms with van der Waals surface area (Å²) in [5, 5.41) is 3.44. The van der Waals surface area contributed by atoms with Gasteiger partial charge in [0.2, 0.25) is 5.91 Å². The maximum atomic E-state index is 12.6. The molecule has 0 atom stereocenters. The molecule has 1 saturated heterocycles. The van der Waals surface area contributed by atoms with Crippen molar-refractivity contribution in [1.29, 1.82) is 0 Å². The van der Waals surface area contributed by atoms with Crippen LogP contribution in [-0.2, 0) is 11.3 Å². The molecular weight excluding hydrogens is 448 g/mol. The minimum absolute atomic E-state index is 0.0186. The van der Waals surface area contributed by atoms with E-state index in [1.165, 1.54) is 10.6 Å². The van der Waals surface area contributed by atoms with Gasteiger partial charge in [-0.2, -0.15) is 0 Å². The average molecular weight is 468 g/mol. The molecule has 1 aliphatic rings. The van der Waals surface area contributed by atoms with E-state index in [-0.39, 0.29) is 24.0 Å². The van der Waals surface area contributed by atoms with E-state index in [0.717, 1.165) is 4.47 Å². The minimum atomic E-state index is -0.227. The van der Waals surface area contributed by atoms with Crippen molar-refractivity contribution in [1.82, 2.24) is 14.4 Å². The number of nitrogens with one attached hydrogen (secondary N) is 1. The van der Waals surface area contributed by atoms with Gasteiger partial charge in [-0.05, 0) is 52.7 Å². The first kappa shape index (κ1) is 20.4. The number of hydrogen-bond acceptors (Lipinski definition) is 3. The summed E-state index contributed by atoms with van der Waals surface area (Å²) in [7, 11) is 0. The van der Waals surface area contributed by atoms with Crippen LogP contribution in [-0.4, -0.2) is 52.5 Å². The third kappa shape index (κ3) is 5.36. The lowest BCUT2D eigenvalue weighted by Crippen LogP contribution is -2.40. The maximum Gasteiger partial charge on any atom is 0.321 e. The second-order valence-corrected chi connectivity index (χ2v) is 7.82. The second kappa shape index (κ2) is 9.25. The summed E-state index contributed by atoms with van der Waals surface area (Å²) in [6.45, 7) is 1.94. The van der Waals surface area contributed by atoms with Crippen molar-refractivity contribution >= 4 is 45.2 Å². The van der Waals surface area contributed by atoms with Crippen LogP contribution in [0.15, 0.2) is 51.9 Å². The lowest BCUT2D eigenvalue weighted by Gasteiger charge is -2.23. The molecule has 7 nitrogen and oxygen atoms in total. The van der Waals surface area contributed by atoms with Crippen LogP contribution in [0.2, 0.25) is 5.02 Å². The monoisotopic (exact) mass is 466 g/mol. The van der Waals surface area contributed by atoms with Crippen molar-refractivity contribution < 1.29 is 9.59 Å². The number of urea groups is 1. The molecule has 0 aliphatic carbocycles. The highest BCUT2D eigenvalue weighted by Crippen LogP contribution is 2.14. The van der Waals surface area contributed by atoms with Gasteiger partial charge in [0.15, 0.2) is 0 Å². The molecule has 0 spiro atoms. The van der Waals surface area contributed by atoms with Crippen LogP contribution < -0.4 is 10.9 Å². The summed E-state index contributed by atoms with van der Waals surface area (Å²) in [4.78, 5) is 40.4. The van der Waals surface area contributed by atoms with E-state index in [4.69, 9.17) is 11.6 Å². The topological polar surface area (TPSA) is 74.7 Å². The van der Waals surface area contributed by atoms with Crippen molar-refractivity contribution in [3.8, 4) is 0 Å². The third-order valence-electron chi connectivity index (χ3n) is 4.48. The molecule has 28 heavy (non-hydrogen) atoms. The first-order valence-corrected chi connectivity index (χ1v) is 10.0. The molecule has 9 heteroatoms. The van der Waals surface area contributed by atoms with Gasteiger partial charge in [0.05, 0.1) is 0 Å². The number of rotatable bonds is 3. The Morgan fingerprint density at radius 3 is 2.43 bits per heavy atom. The minimum Gasteiger partial charge on any atom is -0.339 e. The molecule has 0 bridgehead atoms. The van der Waals surface area contributed by atoms with E-state index in [2.05, 4.69) is 21.2 Å². The molecule has 2 heterocycles. The quantitative estimate of drug-likeness (QED) is 0.754. The lowest BCUT2D eigenvalue weighted by atomic mass is 10.3. The molecule has 1 aliphatic heterocycles. The van der Waals surface area contributed by atoms with Gasteiger partial charge in [-0.15, -0.1) is 0 Å². The Balaban J connectivity index is 1.57. The Hall–Kier alpha value is -2.32. The number of amides is 3. The highest BCUT2D eigenvalue weighted by molar-refractivity contribution is 9.10. The van der Waals surface area contributed by atoms with Gasteiger partial charge in [-0.3, -0.25) is 9.59 Å². The average Bonchev–Trinajstić information content (AvgIpc) is 2.93. The number of hydrogen-bond donors (Lipinski definition) is 1. The SMILES string of the molecule is O=C(Cn1cc(Br)ccc1=O)N1CCCN(C(=O)Nc2ccc(Cl)cc2)CC1. The first-order chi connectivity index (χ1) is 13.4. The van der Waals surface area contributed by atoms with Crippen molar-refractivity contribution in [2.45, 2.75) is 13.0 Å². The Bertz CT molecular complexity index is 916. The molecule has 0 unspecified atom stereocenters. The molecule has 0 radical (unpaired) electrons. The Labute approximate surface area is 176 Å². The highest BCUT2D eigenvalue weighted by atomic mass is 79.9. The van der Waals surface area contributed by atoms with Gasteiger partial charge in [-0.25, -0.2) is 4.79 Å². The van der Waals surface area contributed by atoms with Crippen LogP contribution >= 0.6 is 27.5 Å². The van der Waals surface area contributed by atoms with Crippen LogP contribution in [0.25, 0.3) is 0 Å². The van der Waals surface area contributed by atoms with Crippen LogP contribution in [0.5, 0.6) is 0 Å². The fourth-order valence-electron chi connectivity index (χ4n) is 2.98. The zero-order valence-electron chi connectivity index (χ0n) is 15.1. The highest BCUT2D eigenvalue weighted by Gasteiger charge is 2.22. The molecule has 1 fully saturated rings. The summed E-state index contributed by atoms with van der Waals surface area (Å²) >= 11 is 9.16. The van der Waals surface area contributed by atoms with Crippen molar-refractivity contribution in [2.75, 3.05) is 31.5 Å². The van der Waals surface area contributed by atoms with Gasteiger partial charge < -0.3 is 19.7 Å². The van der Waals surface area contributed by atoms with E-state index in [1.807, 2.05) is 0 Å². The first-order valence-electron chi connectivity index (χ1n) is 8.87. The van der Waals surface area contributed by atoms with Crippen LogP contribution in [0, 0.1) is 0 Å². The van der Waals surface area contributed by atoms with E-state index < -0.39 is 0 Å². The van der Waals surface area contributed by atoms with Gasteiger partial charge in [0.1, 0.15) is 6.54 Å². The number of aromatic nitrogens is 1. The van der Waals surface area contributed by atoms with E-state index >= 15 is 0 Å². The zero-order valence-corrected chi connectivity index (χ0v) is 17.4. The largest absolute Gasteiger partial charge is 0.339 e. The molecule has 148 valence electrons. The van der Waals surface area contributed by atoms with Gasteiger partial charge in [-0.1, -0.05) is 11.6 Å². The fourth-order valence-corrected chi connectivity index (χ4v) is 3.48. The number of carbonyl (C=O) groups is 2. The molecule has 3 amide bonds. The lowest BCUT2D eigenvalue weighted by molar-refractivity contribution is -0.131. The van der Waals surface area contributed by atoms with Crippen LogP contribution in [0.4, 0.5) is 10.5 Å². The molecular formula is C19H20BrClN4O3. The van der Waals surface area contributed by atoms with Crippen molar-refractivity contribution in [3.05, 3.63) is 62.4 Å². The predicted octanol–water partition coefficient (Wildman–Crippen LogP) is 3.03. The maximum absolute atomic E-state index is 12.6. The zero-order chi connectivity index (χ0) is 20.1. The standard InChI is InChI=1S/C19H20BrClN4O3/c20-14-2-7-17(26)25(12-14)13-18(27)23-8-1-9-24(11-10-23)19(28)22-16-5-3-15(21)4-6-16/h2-7,12H,1,8-11,13H2,(H,22,28). The van der Waals surface area contributed by atoms with Crippen molar-refractivity contribution in [3.63, 3.8) is 0 Å². The van der Waals surface area contributed by atoms with Gasteiger partial charge in [0.25, 0.3) is 5.56 Å². The van der Waals surface area contributed by atoms with Crippen LogP contribution in [0.3, 0.4) is 0 Å². The van der Waals surface area contributed by atoms with E-state index in [1.54, 1.807) is 46.3 Å². The number of carbonyl (C=O) groups excluding carboxylic acids is 2. The molecule has 1 aromatic carbocycles. The number of benzene rings is 1. The third-order valence-corrected chi connectivity index (χ3v) is 5.21. The molecule has 3 rings (SSSR count). The van der Waals surface area contributed by atoms with Gasteiger partial charge >= 0.3 is 6.03 Å². The number of halogens is 2. The Morgan fingerprint density at radius 1 is 1.00 bits per heavy atom. The van der Waals surface area contributed by atoms with E-state index in [0.29, 0.717) is 43.3 Å². The fraction of sp³-hybridized carbons (Fsp3) is 0.316. The van der Waals surface area contributed by atoms with E-state index in [9.17, 15) is 14.4 Å². The number of nitrogens with zero attached hydrogens (tertiary/aromatic N) is 3. The molecule has 0 saturated carbocycles.